The number of nitrogen functional groups attached to an aromatic ring is 1. The van der Waals surface area contributed by atoms with Crippen LogP contribution in [0.4, 0.5) is 13.2 Å². The highest BCUT2D eigenvalue weighted by Crippen LogP contribution is 2.32. The molecule has 1 saturated heterocycles. The molecule has 18 heavy (non-hydrogen) atoms. The lowest BCUT2D eigenvalue weighted by Gasteiger charge is -2.08. The molecule has 2 heterocycles. The van der Waals surface area contributed by atoms with Crippen molar-refractivity contribution in [3.8, 4) is 0 Å². The number of hydrogen-bond donors (Lipinski definition) is 1. The van der Waals surface area contributed by atoms with Gasteiger partial charge in [-0.1, -0.05) is 11.8 Å². The Morgan fingerprint density at radius 1 is 1.39 bits per heavy atom. The van der Waals surface area contributed by atoms with E-state index in [0.717, 1.165) is 11.8 Å². The molecule has 6 nitrogen and oxygen atoms in total. The van der Waals surface area contributed by atoms with E-state index in [9.17, 15) is 21.6 Å². The van der Waals surface area contributed by atoms with Crippen molar-refractivity contribution in [2.45, 2.75) is 23.0 Å². The van der Waals surface area contributed by atoms with E-state index in [1.165, 1.54) is 0 Å². The molecule has 1 unspecified atom stereocenters. The molecule has 1 aliphatic heterocycles. The third-order valence-corrected chi connectivity index (χ3v) is 5.58. The first kappa shape index (κ1) is 13.5. The maximum absolute atomic E-state index is 12.4. The molecule has 0 amide bonds. The van der Waals surface area contributed by atoms with Crippen LogP contribution in [-0.4, -0.2) is 40.0 Å². The lowest BCUT2D eigenvalue weighted by atomic mass is 10.4. The summed E-state index contributed by atoms with van der Waals surface area (Å²) in [7, 11) is -3.09. The Balaban J connectivity index is 2.15. The minimum atomic E-state index is -4.68. The zero-order valence-electron chi connectivity index (χ0n) is 8.88. The summed E-state index contributed by atoms with van der Waals surface area (Å²) in [5.74, 6) is 3.90. The van der Waals surface area contributed by atoms with Crippen LogP contribution in [0.25, 0.3) is 0 Å². The van der Waals surface area contributed by atoms with Crippen molar-refractivity contribution >= 4 is 21.6 Å². The van der Waals surface area contributed by atoms with E-state index in [1.54, 1.807) is 0 Å². The van der Waals surface area contributed by atoms with Gasteiger partial charge in [-0.2, -0.15) is 13.2 Å². The molecule has 1 fully saturated rings. The molecule has 0 aromatic carbocycles. The molecule has 2 rings (SSSR count). The van der Waals surface area contributed by atoms with Crippen LogP contribution in [0, 0.1) is 0 Å². The standard InChI is InChI=1S/C7H9F3N4O2S2/c8-7(9,10)5-12-13-6(14(5)11)17-4-1-2-18(15,16)3-4/h4H,1-3,11H2. The first-order valence-corrected chi connectivity index (χ1v) is 7.54. The number of halogens is 3. The van der Waals surface area contributed by atoms with Gasteiger partial charge in [0.1, 0.15) is 0 Å². The van der Waals surface area contributed by atoms with E-state index in [1.807, 2.05) is 0 Å². The highest BCUT2D eigenvalue weighted by Gasteiger charge is 2.39. The van der Waals surface area contributed by atoms with Gasteiger partial charge in [0, 0.05) is 5.25 Å². The molecule has 1 aliphatic rings. The number of hydrogen-bond acceptors (Lipinski definition) is 6. The van der Waals surface area contributed by atoms with Crippen molar-refractivity contribution in [3.05, 3.63) is 5.82 Å². The zero-order chi connectivity index (χ0) is 13.6. The molecular formula is C7H9F3N4O2S2. The fraction of sp³-hybridized carbons (Fsp3) is 0.714. The van der Waals surface area contributed by atoms with Crippen molar-refractivity contribution in [1.82, 2.24) is 14.9 Å². The molecule has 1 aromatic rings. The van der Waals surface area contributed by atoms with Gasteiger partial charge >= 0.3 is 6.18 Å². The van der Waals surface area contributed by atoms with Crippen molar-refractivity contribution in [1.29, 1.82) is 0 Å². The lowest BCUT2D eigenvalue weighted by Crippen LogP contribution is -2.21. The Morgan fingerprint density at radius 3 is 2.50 bits per heavy atom. The molecule has 1 aromatic heterocycles. The number of sulfone groups is 1. The van der Waals surface area contributed by atoms with Crippen LogP contribution >= 0.6 is 11.8 Å². The second-order valence-electron chi connectivity index (χ2n) is 3.82. The Hall–Kier alpha value is -0.970. The molecule has 0 spiro atoms. The van der Waals surface area contributed by atoms with Crippen molar-refractivity contribution in [2.75, 3.05) is 17.3 Å². The molecule has 1 atom stereocenters. The van der Waals surface area contributed by atoms with Crippen LogP contribution < -0.4 is 5.84 Å². The van der Waals surface area contributed by atoms with Gasteiger partial charge in [0.05, 0.1) is 11.5 Å². The number of thioether (sulfide) groups is 1. The average molecular weight is 302 g/mol. The maximum atomic E-state index is 12.4. The van der Waals surface area contributed by atoms with Gasteiger partial charge in [-0.3, -0.25) is 0 Å². The van der Waals surface area contributed by atoms with Gasteiger partial charge < -0.3 is 5.84 Å². The maximum Gasteiger partial charge on any atom is 0.453 e. The van der Waals surface area contributed by atoms with E-state index in [-0.39, 0.29) is 21.9 Å². The average Bonchev–Trinajstić information content (AvgIpc) is 2.71. The fourth-order valence-electron chi connectivity index (χ4n) is 1.55. The molecule has 0 bridgehead atoms. The van der Waals surface area contributed by atoms with Gasteiger partial charge in [-0.15, -0.1) is 10.2 Å². The summed E-state index contributed by atoms with van der Waals surface area (Å²) in [6, 6.07) is 0. The van der Waals surface area contributed by atoms with E-state index in [2.05, 4.69) is 10.2 Å². The predicted octanol–water partition coefficient (Wildman–Crippen LogP) is 0.290. The molecule has 2 N–H and O–H groups in total. The topological polar surface area (TPSA) is 90.9 Å². The van der Waals surface area contributed by atoms with Gasteiger partial charge in [-0.25, -0.2) is 13.1 Å². The van der Waals surface area contributed by atoms with E-state index >= 15 is 0 Å². The van der Waals surface area contributed by atoms with Gasteiger partial charge in [-0.05, 0) is 6.42 Å². The van der Waals surface area contributed by atoms with Gasteiger partial charge in [0.15, 0.2) is 9.84 Å². The molecule has 0 saturated carbocycles. The monoisotopic (exact) mass is 302 g/mol. The second-order valence-corrected chi connectivity index (χ2v) is 7.31. The van der Waals surface area contributed by atoms with Crippen LogP contribution in [0.2, 0.25) is 0 Å². The van der Waals surface area contributed by atoms with Crippen LogP contribution in [-0.2, 0) is 16.0 Å². The Labute approximate surface area is 105 Å². The molecule has 102 valence electrons. The molecule has 11 heteroatoms. The first-order valence-electron chi connectivity index (χ1n) is 4.84. The Morgan fingerprint density at radius 2 is 2.06 bits per heavy atom. The van der Waals surface area contributed by atoms with Crippen molar-refractivity contribution in [3.63, 3.8) is 0 Å². The predicted molar refractivity (Wildman–Crippen MR) is 58.1 cm³/mol. The van der Waals surface area contributed by atoms with Crippen molar-refractivity contribution < 1.29 is 21.6 Å². The quantitative estimate of drug-likeness (QED) is 0.790. The van der Waals surface area contributed by atoms with E-state index in [0.29, 0.717) is 11.1 Å². The van der Waals surface area contributed by atoms with Crippen LogP contribution in [0.1, 0.15) is 12.2 Å². The minimum absolute atomic E-state index is 0.0372. The summed E-state index contributed by atoms with van der Waals surface area (Å²) in [5.41, 5.74) is 0. The van der Waals surface area contributed by atoms with Gasteiger partial charge in [0.25, 0.3) is 5.82 Å². The number of aromatic nitrogens is 3. The SMILES string of the molecule is Nn1c(SC2CCS(=O)(=O)C2)nnc1C(F)(F)F. The summed E-state index contributed by atoms with van der Waals surface area (Å²) in [6.07, 6.45) is -4.30. The highest BCUT2D eigenvalue weighted by atomic mass is 32.2. The second kappa shape index (κ2) is 4.30. The van der Waals surface area contributed by atoms with Crippen LogP contribution in [0.3, 0.4) is 0 Å². The van der Waals surface area contributed by atoms with Crippen molar-refractivity contribution in [2.24, 2.45) is 0 Å². The molecule has 0 radical (unpaired) electrons. The van der Waals surface area contributed by atoms with Crippen LogP contribution in [0.15, 0.2) is 5.16 Å². The largest absolute Gasteiger partial charge is 0.453 e. The summed E-state index contributed by atoms with van der Waals surface area (Å²) >= 11 is 0.902. The lowest BCUT2D eigenvalue weighted by molar-refractivity contribution is -0.146. The summed E-state index contributed by atoms with van der Waals surface area (Å²) in [4.78, 5) is 0. The number of nitrogens with zero attached hydrogens (tertiary/aromatic N) is 3. The van der Waals surface area contributed by atoms with E-state index in [4.69, 9.17) is 5.84 Å². The third kappa shape index (κ3) is 2.71. The summed E-state index contributed by atoms with van der Waals surface area (Å²) in [6.45, 7) is 0. The third-order valence-electron chi connectivity index (χ3n) is 2.38. The summed E-state index contributed by atoms with van der Waals surface area (Å²) in [5, 5.41) is 5.82. The first-order chi connectivity index (χ1) is 8.19. The normalized spacial score (nSPS) is 23.4. The smallest absolute Gasteiger partial charge is 0.335 e. The zero-order valence-corrected chi connectivity index (χ0v) is 10.5. The van der Waals surface area contributed by atoms with Crippen LogP contribution in [0.5, 0.6) is 0 Å². The number of rotatable bonds is 2. The van der Waals surface area contributed by atoms with E-state index < -0.39 is 21.8 Å². The minimum Gasteiger partial charge on any atom is -0.335 e. The Kier molecular flexibility index (Phi) is 3.21. The summed E-state index contributed by atoms with van der Waals surface area (Å²) < 4.78 is 59.9. The fourth-order valence-corrected chi connectivity index (χ4v) is 4.96. The molecule has 0 aliphatic carbocycles. The number of nitrogens with two attached hydrogens (primary N) is 1. The highest BCUT2D eigenvalue weighted by molar-refractivity contribution is 8.01. The Bertz CT molecular complexity index is 554. The number of alkyl halides is 3. The molecular weight excluding hydrogens is 293 g/mol. The van der Waals surface area contributed by atoms with Gasteiger partial charge in [0.2, 0.25) is 5.16 Å².